The Hall–Kier alpha value is -2.72. The summed E-state index contributed by atoms with van der Waals surface area (Å²) >= 11 is 6.13. The normalized spacial score (nSPS) is 10.5. The lowest BCUT2D eigenvalue weighted by atomic mass is 10.2. The molecule has 130 valence electrons. The smallest absolute Gasteiger partial charge is 0.331 e. The van der Waals surface area contributed by atoms with E-state index in [4.69, 9.17) is 25.8 Å². The fourth-order valence-corrected chi connectivity index (χ4v) is 2.22. The van der Waals surface area contributed by atoms with Gasteiger partial charge in [0.05, 0.1) is 7.11 Å². The molecule has 25 heavy (non-hydrogen) atoms. The maximum atomic E-state index is 11.5. The molecule has 0 bridgehead atoms. The molecule has 2 aromatic rings. The lowest BCUT2D eigenvalue weighted by molar-refractivity contribution is -0.136. The molecule has 0 radical (unpaired) electrons. The molecule has 0 saturated carbocycles. The van der Waals surface area contributed by atoms with Crippen LogP contribution in [-0.2, 0) is 16.1 Å². The van der Waals surface area contributed by atoms with Crippen LogP contribution in [0.3, 0.4) is 0 Å². The lowest BCUT2D eigenvalue weighted by Crippen LogP contribution is -2.00. The summed E-state index contributed by atoms with van der Waals surface area (Å²) in [4.78, 5) is 11.5. The Labute approximate surface area is 152 Å². The van der Waals surface area contributed by atoms with Crippen molar-refractivity contribution in [2.24, 2.45) is 0 Å². The van der Waals surface area contributed by atoms with Gasteiger partial charge in [-0.25, -0.2) is 4.79 Å². The minimum atomic E-state index is -0.432. The first-order valence-electron chi connectivity index (χ1n) is 7.64. The maximum Gasteiger partial charge on any atom is 0.331 e. The average molecular weight is 359 g/mol. The second kappa shape index (κ2) is 9.55. The molecule has 2 aromatic carbocycles. The first kappa shape index (κ1) is 18.6. The molecular weight excluding hydrogens is 340 g/mol. The van der Waals surface area contributed by atoms with E-state index < -0.39 is 5.97 Å². The van der Waals surface area contributed by atoms with Crippen molar-refractivity contribution < 1.29 is 19.0 Å². The van der Waals surface area contributed by atoms with E-state index in [-0.39, 0.29) is 6.61 Å². The lowest BCUT2D eigenvalue weighted by Gasteiger charge is -2.12. The molecule has 0 aliphatic heterocycles. The molecule has 0 atom stereocenters. The molecular formula is C20H19ClO4. The number of rotatable bonds is 8. The minimum Gasteiger partial charge on any atom is -0.493 e. The Bertz CT molecular complexity index is 768. The van der Waals surface area contributed by atoms with Gasteiger partial charge < -0.3 is 14.2 Å². The number of carbonyl (C=O) groups is 1. The van der Waals surface area contributed by atoms with Gasteiger partial charge in [-0.2, -0.15) is 0 Å². The van der Waals surface area contributed by atoms with Crippen LogP contribution in [-0.4, -0.2) is 19.7 Å². The fourth-order valence-electron chi connectivity index (χ4n) is 2.03. The minimum absolute atomic E-state index is 0.182. The topological polar surface area (TPSA) is 44.8 Å². The van der Waals surface area contributed by atoms with Gasteiger partial charge in [-0.15, -0.1) is 0 Å². The van der Waals surface area contributed by atoms with E-state index in [9.17, 15) is 4.79 Å². The van der Waals surface area contributed by atoms with Crippen LogP contribution < -0.4 is 9.47 Å². The van der Waals surface area contributed by atoms with E-state index in [1.165, 1.54) is 12.2 Å². The molecule has 0 aliphatic carbocycles. The third-order valence-corrected chi connectivity index (χ3v) is 3.65. The van der Waals surface area contributed by atoms with Crippen molar-refractivity contribution in [3.8, 4) is 11.5 Å². The second-order valence-corrected chi connectivity index (χ2v) is 5.45. The Morgan fingerprint density at radius 3 is 2.72 bits per heavy atom. The molecule has 0 fully saturated rings. The van der Waals surface area contributed by atoms with Gasteiger partial charge >= 0.3 is 5.97 Å². The highest BCUT2D eigenvalue weighted by molar-refractivity contribution is 6.31. The Balaban J connectivity index is 2.06. The van der Waals surface area contributed by atoms with Gasteiger partial charge in [-0.1, -0.05) is 48.5 Å². The molecule has 0 N–H and O–H groups in total. The highest BCUT2D eigenvalue weighted by Crippen LogP contribution is 2.30. The summed E-state index contributed by atoms with van der Waals surface area (Å²) in [5.74, 6) is 0.723. The summed E-state index contributed by atoms with van der Waals surface area (Å²) < 4.78 is 16.0. The number of halogens is 1. The summed E-state index contributed by atoms with van der Waals surface area (Å²) in [7, 11) is 1.56. The van der Waals surface area contributed by atoms with Crippen LogP contribution in [0.25, 0.3) is 6.08 Å². The first-order valence-corrected chi connectivity index (χ1v) is 8.02. The van der Waals surface area contributed by atoms with Crippen molar-refractivity contribution in [3.05, 3.63) is 77.3 Å². The number of carbonyl (C=O) groups excluding carboxylic acids is 1. The van der Waals surface area contributed by atoms with Gasteiger partial charge in [0.1, 0.15) is 13.2 Å². The quantitative estimate of drug-likeness (QED) is 0.391. The molecule has 0 saturated heterocycles. The molecule has 0 aliphatic rings. The van der Waals surface area contributed by atoms with Crippen LogP contribution in [0.15, 0.2) is 61.2 Å². The molecule has 4 nitrogen and oxygen atoms in total. The molecule has 5 heteroatoms. The molecule has 0 amide bonds. The number of ether oxygens (including phenoxy) is 3. The van der Waals surface area contributed by atoms with E-state index in [0.717, 1.165) is 11.1 Å². The molecule has 2 rings (SSSR count). The van der Waals surface area contributed by atoms with Gasteiger partial charge in [0, 0.05) is 16.7 Å². The molecule has 0 unspecified atom stereocenters. The predicted octanol–water partition coefficient (Wildman–Crippen LogP) is 4.67. The standard InChI is InChI=1S/C20H19ClO4/c1-3-12-24-20(22)11-9-15-8-10-18(19(13-15)23-2)25-14-16-6-4-5-7-17(16)21/h3-11,13H,1,12,14H2,2H3/b11-9+. The van der Waals surface area contributed by atoms with Crippen LogP contribution in [0.2, 0.25) is 5.02 Å². The third kappa shape index (κ3) is 5.69. The van der Waals surface area contributed by atoms with Crippen molar-refractivity contribution >= 4 is 23.6 Å². The molecule has 0 heterocycles. The van der Waals surface area contributed by atoms with Crippen LogP contribution in [0.1, 0.15) is 11.1 Å². The van der Waals surface area contributed by atoms with E-state index in [1.807, 2.05) is 30.3 Å². The summed E-state index contributed by atoms with van der Waals surface area (Å²) in [6, 6.07) is 12.9. The zero-order valence-corrected chi connectivity index (χ0v) is 14.7. The Kier molecular flexibility index (Phi) is 7.11. The number of hydrogen-bond donors (Lipinski definition) is 0. The second-order valence-electron chi connectivity index (χ2n) is 5.04. The first-order chi connectivity index (χ1) is 12.1. The third-order valence-electron chi connectivity index (χ3n) is 3.28. The number of methoxy groups -OCH3 is 1. The molecule has 0 spiro atoms. The van der Waals surface area contributed by atoms with Gasteiger partial charge in [0.25, 0.3) is 0 Å². The van der Waals surface area contributed by atoms with E-state index in [1.54, 1.807) is 25.3 Å². The number of benzene rings is 2. The Morgan fingerprint density at radius 2 is 2.00 bits per heavy atom. The van der Waals surface area contributed by atoms with Crippen LogP contribution >= 0.6 is 11.6 Å². The SMILES string of the molecule is C=CCOC(=O)/C=C/c1ccc(OCc2ccccc2Cl)c(OC)c1. The van der Waals surface area contributed by atoms with Crippen molar-refractivity contribution in [1.82, 2.24) is 0 Å². The van der Waals surface area contributed by atoms with Gasteiger partial charge in [-0.05, 0) is 29.8 Å². The summed E-state index contributed by atoms with van der Waals surface area (Å²) in [6.07, 6.45) is 4.51. The summed E-state index contributed by atoms with van der Waals surface area (Å²) in [5, 5.41) is 0.652. The van der Waals surface area contributed by atoms with E-state index in [2.05, 4.69) is 6.58 Å². The highest BCUT2D eigenvalue weighted by Gasteiger charge is 2.07. The highest BCUT2D eigenvalue weighted by atomic mass is 35.5. The van der Waals surface area contributed by atoms with Crippen LogP contribution in [0, 0.1) is 0 Å². The zero-order chi connectivity index (χ0) is 18.1. The summed E-state index contributed by atoms with van der Waals surface area (Å²) in [5.41, 5.74) is 1.68. The van der Waals surface area contributed by atoms with Crippen molar-refractivity contribution in [2.75, 3.05) is 13.7 Å². The van der Waals surface area contributed by atoms with Crippen LogP contribution in [0.4, 0.5) is 0 Å². The monoisotopic (exact) mass is 358 g/mol. The van der Waals surface area contributed by atoms with Crippen LogP contribution in [0.5, 0.6) is 11.5 Å². The van der Waals surface area contributed by atoms with E-state index >= 15 is 0 Å². The number of hydrogen-bond acceptors (Lipinski definition) is 4. The largest absolute Gasteiger partial charge is 0.493 e. The number of esters is 1. The maximum absolute atomic E-state index is 11.5. The van der Waals surface area contributed by atoms with Gasteiger partial charge in [0.2, 0.25) is 0 Å². The van der Waals surface area contributed by atoms with Gasteiger partial charge in [-0.3, -0.25) is 0 Å². The average Bonchev–Trinajstić information content (AvgIpc) is 2.64. The predicted molar refractivity (Wildman–Crippen MR) is 99.0 cm³/mol. The fraction of sp³-hybridized carbons (Fsp3) is 0.150. The molecule has 0 aromatic heterocycles. The Morgan fingerprint density at radius 1 is 1.20 bits per heavy atom. The zero-order valence-electron chi connectivity index (χ0n) is 13.9. The van der Waals surface area contributed by atoms with Gasteiger partial charge in [0.15, 0.2) is 11.5 Å². The van der Waals surface area contributed by atoms with Crippen molar-refractivity contribution in [3.63, 3.8) is 0 Å². The van der Waals surface area contributed by atoms with Crippen molar-refractivity contribution in [2.45, 2.75) is 6.61 Å². The van der Waals surface area contributed by atoms with Crippen molar-refractivity contribution in [1.29, 1.82) is 0 Å². The summed E-state index contributed by atoms with van der Waals surface area (Å²) in [6.45, 7) is 4.00. The van der Waals surface area contributed by atoms with E-state index in [0.29, 0.717) is 23.1 Å².